The number of hydrogen-bond acceptors (Lipinski definition) is 9. The van der Waals surface area contributed by atoms with Gasteiger partial charge < -0.3 is 34.3 Å². The molecule has 4 heterocycles. The van der Waals surface area contributed by atoms with Gasteiger partial charge in [0.05, 0.1) is 49.7 Å². The average molecular weight is 602 g/mol. The Bertz CT molecular complexity index is 1550. The Hall–Kier alpha value is -4.39. The number of rotatable bonds is 9. The van der Waals surface area contributed by atoms with E-state index in [-0.39, 0.29) is 17.6 Å². The molecular formula is C32H36FN7O4. The fourth-order valence-electron chi connectivity index (χ4n) is 5.28. The summed E-state index contributed by atoms with van der Waals surface area (Å²) in [5.74, 6) is 1.30. The Morgan fingerprint density at radius 3 is 2.45 bits per heavy atom. The Morgan fingerprint density at radius 2 is 1.75 bits per heavy atom. The average Bonchev–Trinajstić information content (AvgIpc) is 3.48. The molecule has 0 radical (unpaired) electrons. The Morgan fingerprint density at radius 1 is 1.02 bits per heavy atom. The summed E-state index contributed by atoms with van der Waals surface area (Å²) in [4.78, 5) is 34.4. The minimum Gasteiger partial charge on any atom is -0.497 e. The number of aromatic amines is 1. The molecule has 2 aliphatic heterocycles. The van der Waals surface area contributed by atoms with Crippen molar-refractivity contribution >= 4 is 11.9 Å². The number of methoxy groups -OCH3 is 1. The van der Waals surface area contributed by atoms with Crippen LogP contribution in [0, 0.1) is 11.7 Å². The molecule has 0 aliphatic carbocycles. The van der Waals surface area contributed by atoms with E-state index >= 15 is 0 Å². The number of halogens is 1. The van der Waals surface area contributed by atoms with Gasteiger partial charge in [0.25, 0.3) is 0 Å². The number of hydrogen-bond donors (Lipinski definition) is 2. The molecule has 2 fully saturated rings. The highest BCUT2D eigenvalue weighted by atomic mass is 19.1. The third-order valence-corrected chi connectivity index (χ3v) is 7.88. The highest BCUT2D eigenvalue weighted by Crippen LogP contribution is 2.30. The molecule has 2 N–H and O–H groups in total. The summed E-state index contributed by atoms with van der Waals surface area (Å²) in [6.45, 7) is 4.30. The standard InChI is InChI=1S/C32H36FN7O4/c1-39-13-15-40(16-14-39)31(41)23-19-43-28(44-20-23)17-27-37-29(22-5-7-24(33)8-6-22)30(38-27)26-11-12-34-32(36-26)35-18-21-3-9-25(42-2)10-4-21/h3-12,23,28H,13-20H2,1-2H3,(H,37,38)(H,34,35,36). The fourth-order valence-corrected chi connectivity index (χ4v) is 5.28. The van der Waals surface area contributed by atoms with Crippen LogP contribution in [0.1, 0.15) is 11.4 Å². The van der Waals surface area contributed by atoms with Gasteiger partial charge in [0.15, 0.2) is 6.29 Å². The first-order chi connectivity index (χ1) is 21.4. The summed E-state index contributed by atoms with van der Waals surface area (Å²) >= 11 is 0. The van der Waals surface area contributed by atoms with Gasteiger partial charge >= 0.3 is 0 Å². The van der Waals surface area contributed by atoms with Crippen molar-refractivity contribution in [3.8, 4) is 28.4 Å². The molecule has 12 heteroatoms. The monoisotopic (exact) mass is 601 g/mol. The van der Waals surface area contributed by atoms with E-state index in [0.717, 1.165) is 43.1 Å². The van der Waals surface area contributed by atoms with Crippen molar-refractivity contribution in [2.75, 3.05) is 58.9 Å². The molecule has 2 aliphatic rings. The molecule has 4 aromatic rings. The van der Waals surface area contributed by atoms with Crippen LogP contribution in [0.15, 0.2) is 60.8 Å². The molecule has 0 spiro atoms. The molecule has 2 aromatic heterocycles. The summed E-state index contributed by atoms with van der Waals surface area (Å²) in [5.41, 5.74) is 3.70. The summed E-state index contributed by atoms with van der Waals surface area (Å²) in [6.07, 6.45) is 1.47. The van der Waals surface area contributed by atoms with Crippen molar-refractivity contribution in [2.24, 2.45) is 5.92 Å². The third-order valence-electron chi connectivity index (χ3n) is 7.88. The quantitative estimate of drug-likeness (QED) is 0.297. The number of amides is 1. The Kier molecular flexibility index (Phi) is 9.10. The lowest BCUT2D eigenvalue weighted by molar-refractivity contribution is -0.204. The number of nitrogens with one attached hydrogen (secondary N) is 2. The van der Waals surface area contributed by atoms with Crippen molar-refractivity contribution in [3.05, 3.63) is 78.0 Å². The lowest BCUT2D eigenvalue weighted by atomic mass is 10.1. The predicted molar refractivity (Wildman–Crippen MR) is 162 cm³/mol. The van der Waals surface area contributed by atoms with Gasteiger partial charge in [-0.2, -0.15) is 0 Å². The first kappa shape index (κ1) is 29.7. The highest BCUT2D eigenvalue weighted by Gasteiger charge is 2.32. The van der Waals surface area contributed by atoms with Crippen LogP contribution >= 0.6 is 0 Å². The number of ether oxygens (including phenoxy) is 3. The van der Waals surface area contributed by atoms with Crippen molar-refractivity contribution in [3.63, 3.8) is 0 Å². The molecule has 6 rings (SSSR count). The van der Waals surface area contributed by atoms with Crippen molar-refractivity contribution in [1.29, 1.82) is 0 Å². The van der Waals surface area contributed by atoms with Gasteiger partial charge in [-0.25, -0.2) is 19.3 Å². The number of imidazole rings is 1. The van der Waals surface area contributed by atoms with Crippen LogP contribution in [0.4, 0.5) is 10.3 Å². The molecule has 0 saturated carbocycles. The normalized spacial score (nSPS) is 19.1. The van der Waals surface area contributed by atoms with Crippen LogP contribution in [0.3, 0.4) is 0 Å². The summed E-state index contributed by atoms with van der Waals surface area (Å²) in [7, 11) is 3.70. The number of nitrogens with zero attached hydrogens (tertiary/aromatic N) is 5. The van der Waals surface area contributed by atoms with Crippen LogP contribution in [-0.2, 0) is 27.2 Å². The molecule has 0 unspecified atom stereocenters. The van der Waals surface area contributed by atoms with Crippen LogP contribution in [0.25, 0.3) is 22.6 Å². The maximum Gasteiger partial charge on any atom is 0.230 e. The smallest absolute Gasteiger partial charge is 0.230 e. The van der Waals surface area contributed by atoms with Gasteiger partial charge in [-0.1, -0.05) is 12.1 Å². The lowest BCUT2D eigenvalue weighted by Crippen LogP contribution is -2.51. The van der Waals surface area contributed by atoms with Gasteiger partial charge in [0.1, 0.15) is 17.4 Å². The van der Waals surface area contributed by atoms with E-state index in [4.69, 9.17) is 24.2 Å². The SMILES string of the molecule is COc1ccc(CNc2nccc(-c3[nH]c(CC4OCC(C(=O)N5CCN(C)CC5)CO4)nc3-c3ccc(F)cc3)n2)cc1. The largest absolute Gasteiger partial charge is 0.497 e. The van der Waals surface area contributed by atoms with Gasteiger partial charge in [-0.05, 0) is 55.1 Å². The van der Waals surface area contributed by atoms with Crippen LogP contribution in [0.2, 0.25) is 0 Å². The molecule has 44 heavy (non-hydrogen) atoms. The van der Waals surface area contributed by atoms with E-state index in [9.17, 15) is 9.18 Å². The van der Waals surface area contributed by atoms with Gasteiger partial charge in [-0.15, -0.1) is 0 Å². The Balaban J connectivity index is 1.16. The van der Waals surface area contributed by atoms with Crippen molar-refractivity contribution in [2.45, 2.75) is 19.3 Å². The summed E-state index contributed by atoms with van der Waals surface area (Å²) < 4.78 is 30.9. The predicted octanol–water partition coefficient (Wildman–Crippen LogP) is 3.60. The van der Waals surface area contributed by atoms with E-state index in [1.165, 1.54) is 12.1 Å². The maximum absolute atomic E-state index is 13.8. The summed E-state index contributed by atoms with van der Waals surface area (Å²) in [5, 5.41) is 3.27. The van der Waals surface area contributed by atoms with Crippen LogP contribution in [-0.4, -0.2) is 95.5 Å². The van der Waals surface area contributed by atoms with Crippen LogP contribution in [0.5, 0.6) is 5.75 Å². The van der Waals surface area contributed by atoms with E-state index in [1.807, 2.05) is 29.2 Å². The van der Waals surface area contributed by atoms with Crippen molar-refractivity contribution in [1.82, 2.24) is 29.7 Å². The van der Waals surface area contributed by atoms with Crippen LogP contribution < -0.4 is 10.1 Å². The van der Waals surface area contributed by atoms with Gasteiger partial charge in [-0.3, -0.25) is 4.79 Å². The van der Waals surface area contributed by atoms with E-state index in [2.05, 4.69) is 27.2 Å². The number of aromatic nitrogens is 4. The second-order valence-electron chi connectivity index (χ2n) is 11.0. The second-order valence-corrected chi connectivity index (χ2v) is 11.0. The molecule has 2 aromatic carbocycles. The minimum absolute atomic E-state index is 0.0793. The topological polar surface area (TPSA) is 118 Å². The van der Waals surface area contributed by atoms with E-state index in [0.29, 0.717) is 55.0 Å². The molecule has 0 bridgehead atoms. The lowest BCUT2D eigenvalue weighted by Gasteiger charge is -2.36. The van der Waals surface area contributed by atoms with E-state index in [1.54, 1.807) is 31.5 Å². The van der Waals surface area contributed by atoms with E-state index < -0.39 is 6.29 Å². The Labute approximate surface area is 255 Å². The van der Waals surface area contributed by atoms with Gasteiger partial charge in [0, 0.05) is 44.5 Å². The first-order valence-corrected chi connectivity index (χ1v) is 14.7. The molecule has 230 valence electrons. The number of benzene rings is 2. The number of piperazine rings is 1. The highest BCUT2D eigenvalue weighted by molar-refractivity contribution is 5.79. The fraction of sp³-hybridized carbons (Fsp3) is 0.375. The number of likely N-dealkylation sites (N-methyl/N-ethyl adjacent to an activating group) is 1. The molecular weight excluding hydrogens is 565 g/mol. The summed E-state index contributed by atoms with van der Waals surface area (Å²) in [6, 6.07) is 15.7. The molecule has 2 saturated heterocycles. The number of carbonyl (C=O) groups excluding carboxylic acids is 1. The minimum atomic E-state index is -0.557. The molecule has 11 nitrogen and oxygen atoms in total. The third kappa shape index (κ3) is 7.04. The zero-order valence-corrected chi connectivity index (χ0v) is 24.8. The number of carbonyl (C=O) groups is 1. The van der Waals surface area contributed by atoms with Crippen molar-refractivity contribution < 1.29 is 23.4 Å². The zero-order chi connectivity index (χ0) is 30.5. The molecule has 1 amide bonds. The van der Waals surface area contributed by atoms with Gasteiger partial charge in [0.2, 0.25) is 11.9 Å². The molecule has 0 atom stereocenters. The number of H-pyrrole nitrogens is 1. The number of anilines is 1. The first-order valence-electron chi connectivity index (χ1n) is 14.7. The zero-order valence-electron chi connectivity index (χ0n) is 24.8. The maximum atomic E-state index is 13.8. The second kappa shape index (κ2) is 13.5.